The Bertz CT molecular complexity index is 661. The van der Waals surface area contributed by atoms with Gasteiger partial charge in [0.2, 0.25) is 0 Å². The number of hydrogen-bond acceptors (Lipinski definition) is 4. The zero-order chi connectivity index (χ0) is 16.9. The molecule has 1 saturated carbocycles. The van der Waals surface area contributed by atoms with E-state index >= 15 is 0 Å². The molecular formula is C20H26ClNO3. The predicted octanol–water partition coefficient (Wildman–Crippen LogP) is 3.86. The van der Waals surface area contributed by atoms with Crippen LogP contribution in [0.1, 0.15) is 36.4 Å². The van der Waals surface area contributed by atoms with Crippen molar-refractivity contribution in [1.29, 1.82) is 0 Å². The van der Waals surface area contributed by atoms with Gasteiger partial charge in [0, 0.05) is 0 Å². The Labute approximate surface area is 155 Å². The van der Waals surface area contributed by atoms with Gasteiger partial charge in [-0.15, -0.1) is 12.4 Å². The third-order valence-electron chi connectivity index (χ3n) is 4.81. The van der Waals surface area contributed by atoms with Crippen molar-refractivity contribution >= 4 is 12.4 Å². The number of aliphatic hydroxyl groups is 1. The van der Waals surface area contributed by atoms with Crippen LogP contribution in [-0.2, 0) is 6.61 Å². The molecule has 0 radical (unpaired) electrons. The summed E-state index contributed by atoms with van der Waals surface area (Å²) in [5.41, 5.74) is 8.23. The minimum Gasteiger partial charge on any atom is -0.493 e. The largest absolute Gasteiger partial charge is 0.493 e. The summed E-state index contributed by atoms with van der Waals surface area (Å²) in [6.45, 7) is 0.459. The van der Waals surface area contributed by atoms with Gasteiger partial charge in [0.15, 0.2) is 11.5 Å². The van der Waals surface area contributed by atoms with E-state index in [1.807, 2.05) is 48.5 Å². The van der Waals surface area contributed by atoms with Crippen LogP contribution in [0.5, 0.6) is 11.5 Å². The molecule has 2 aromatic carbocycles. The first-order chi connectivity index (χ1) is 11.7. The fourth-order valence-corrected chi connectivity index (χ4v) is 3.02. The second-order valence-electron chi connectivity index (χ2n) is 6.39. The summed E-state index contributed by atoms with van der Waals surface area (Å²) in [5, 5.41) is 10.4. The Hall–Kier alpha value is -1.75. The highest BCUT2D eigenvalue weighted by molar-refractivity contribution is 5.85. The molecule has 25 heavy (non-hydrogen) atoms. The summed E-state index contributed by atoms with van der Waals surface area (Å²) >= 11 is 0. The molecule has 0 heterocycles. The van der Waals surface area contributed by atoms with Gasteiger partial charge in [-0.2, -0.15) is 0 Å². The average Bonchev–Trinajstić information content (AvgIpc) is 2.58. The average molecular weight is 364 g/mol. The van der Waals surface area contributed by atoms with Gasteiger partial charge >= 0.3 is 0 Å². The molecule has 4 nitrogen and oxygen atoms in total. The molecule has 0 unspecified atom stereocenters. The van der Waals surface area contributed by atoms with Crippen LogP contribution in [-0.4, -0.2) is 18.3 Å². The van der Waals surface area contributed by atoms with Crippen molar-refractivity contribution in [3.63, 3.8) is 0 Å². The molecule has 5 heteroatoms. The van der Waals surface area contributed by atoms with Crippen LogP contribution < -0.4 is 15.2 Å². The van der Waals surface area contributed by atoms with Crippen molar-refractivity contribution in [2.75, 3.05) is 7.11 Å². The monoisotopic (exact) mass is 363 g/mol. The molecule has 2 atom stereocenters. The lowest BCUT2D eigenvalue weighted by Crippen LogP contribution is -2.36. The molecule has 2 aromatic rings. The Morgan fingerprint density at radius 2 is 1.84 bits per heavy atom. The minimum absolute atomic E-state index is 0. The molecule has 0 amide bonds. The molecule has 0 aliphatic heterocycles. The summed E-state index contributed by atoms with van der Waals surface area (Å²) in [6, 6.07) is 15.2. The smallest absolute Gasteiger partial charge is 0.161 e. The second kappa shape index (κ2) is 9.09. The molecule has 0 spiro atoms. The summed E-state index contributed by atoms with van der Waals surface area (Å²) in [6.07, 6.45) is 2.79. The third-order valence-corrected chi connectivity index (χ3v) is 4.81. The van der Waals surface area contributed by atoms with Gasteiger partial charge in [-0.1, -0.05) is 42.8 Å². The maximum atomic E-state index is 10.4. The lowest BCUT2D eigenvalue weighted by molar-refractivity contribution is 0.0413. The van der Waals surface area contributed by atoms with Crippen LogP contribution in [0.3, 0.4) is 0 Å². The van der Waals surface area contributed by atoms with Crippen LogP contribution >= 0.6 is 12.4 Å². The highest BCUT2D eigenvalue weighted by Crippen LogP contribution is 2.36. The number of hydrogen-bond donors (Lipinski definition) is 2. The van der Waals surface area contributed by atoms with E-state index in [9.17, 15) is 5.11 Å². The molecule has 1 aliphatic rings. The first kappa shape index (κ1) is 19.6. The zero-order valence-corrected chi connectivity index (χ0v) is 15.2. The van der Waals surface area contributed by atoms with Gasteiger partial charge in [0.1, 0.15) is 6.61 Å². The second-order valence-corrected chi connectivity index (χ2v) is 6.39. The molecule has 0 bridgehead atoms. The number of benzene rings is 2. The summed E-state index contributed by atoms with van der Waals surface area (Å²) in [7, 11) is 1.62. The molecule has 3 rings (SSSR count). The lowest BCUT2D eigenvalue weighted by Gasteiger charge is -2.34. The van der Waals surface area contributed by atoms with Crippen LogP contribution in [0.2, 0.25) is 0 Å². The van der Waals surface area contributed by atoms with E-state index < -0.39 is 12.1 Å². The fraction of sp³-hybridized carbons (Fsp3) is 0.400. The van der Waals surface area contributed by atoms with Crippen LogP contribution in [0.4, 0.5) is 0 Å². The normalized spacial score (nSPS) is 16.3. The van der Waals surface area contributed by atoms with Gasteiger partial charge in [-0.05, 0) is 42.0 Å². The Kier molecular flexibility index (Phi) is 7.12. The van der Waals surface area contributed by atoms with Crippen LogP contribution in [0.15, 0.2) is 48.5 Å². The van der Waals surface area contributed by atoms with E-state index in [0.29, 0.717) is 24.0 Å². The number of rotatable bonds is 7. The molecule has 3 N–H and O–H groups in total. The Balaban J connectivity index is 0.00000225. The molecule has 1 fully saturated rings. The van der Waals surface area contributed by atoms with Crippen molar-refractivity contribution in [1.82, 2.24) is 0 Å². The number of aliphatic hydroxyl groups excluding tert-OH is 1. The molecule has 0 saturated heterocycles. The molecular weight excluding hydrogens is 338 g/mol. The summed E-state index contributed by atoms with van der Waals surface area (Å²) < 4.78 is 11.3. The maximum Gasteiger partial charge on any atom is 0.161 e. The highest BCUT2D eigenvalue weighted by atomic mass is 35.5. The van der Waals surface area contributed by atoms with Gasteiger partial charge < -0.3 is 20.3 Å². The topological polar surface area (TPSA) is 64.7 Å². The van der Waals surface area contributed by atoms with Crippen LogP contribution in [0.25, 0.3) is 0 Å². The van der Waals surface area contributed by atoms with E-state index in [-0.39, 0.29) is 12.4 Å². The van der Waals surface area contributed by atoms with E-state index in [1.54, 1.807) is 7.11 Å². The van der Waals surface area contributed by atoms with E-state index in [4.69, 9.17) is 15.2 Å². The highest BCUT2D eigenvalue weighted by Gasteiger charge is 2.31. The van der Waals surface area contributed by atoms with Crippen molar-refractivity contribution in [2.24, 2.45) is 11.7 Å². The third kappa shape index (κ3) is 4.66. The van der Waals surface area contributed by atoms with E-state index in [2.05, 4.69) is 0 Å². The predicted molar refractivity (Wildman–Crippen MR) is 101 cm³/mol. The molecule has 0 aromatic heterocycles. The Morgan fingerprint density at radius 1 is 1.12 bits per heavy atom. The Morgan fingerprint density at radius 3 is 2.44 bits per heavy atom. The van der Waals surface area contributed by atoms with Gasteiger partial charge in [0.25, 0.3) is 0 Å². The summed E-state index contributed by atoms with van der Waals surface area (Å²) in [4.78, 5) is 0. The quantitative estimate of drug-likeness (QED) is 0.784. The van der Waals surface area contributed by atoms with Gasteiger partial charge in [0.05, 0.1) is 19.3 Å². The number of nitrogens with two attached hydrogens (primary N) is 1. The van der Waals surface area contributed by atoms with E-state index in [1.165, 1.54) is 6.42 Å². The molecule has 1 aliphatic carbocycles. The minimum atomic E-state index is -0.505. The number of halogens is 1. The van der Waals surface area contributed by atoms with Gasteiger partial charge in [-0.3, -0.25) is 0 Å². The SMILES string of the molecule is COc1ccc([C@@H](N)[C@@H](O)C2CCC2)cc1OCc1ccccc1.Cl. The standard InChI is InChI=1S/C20H25NO3.ClH/c1-23-17-11-10-16(19(21)20(22)15-8-5-9-15)12-18(17)24-13-14-6-3-2-4-7-14;/h2-4,6-7,10-12,15,19-20,22H,5,8-9,13,21H2,1H3;1H/t19-,20+;/m1./s1. The van der Waals surface area contributed by atoms with Crippen molar-refractivity contribution in [3.05, 3.63) is 59.7 Å². The fourth-order valence-electron chi connectivity index (χ4n) is 3.02. The maximum absolute atomic E-state index is 10.4. The van der Waals surface area contributed by atoms with Crippen molar-refractivity contribution in [3.8, 4) is 11.5 Å². The zero-order valence-electron chi connectivity index (χ0n) is 14.4. The first-order valence-corrected chi connectivity index (χ1v) is 8.47. The molecule has 136 valence electrons. The number of ether oxygens (including phenoxy) is 2. The lowest BCUT2D eigenvalue weighted by atomic mass is 9.77. The van der Waals surface area contributed by atoms with Gasteiger partial charge in [-0.25, -0.2) is 0 Å². The summed E-state index contributed by atoms with van der Waals surface area (Å²) in [5.74, 6) is 1.63. The van der Waals surface area contributed by atoms with Crippen molar-refractivity contribution in [2.45, 2.75) is 38.0 Å². The van der Waals surface area contributed by atoms with Crippen molar-refractivity contribution < 1.29 is 14.6 Å². The van der Waals surface area contributed by atoms with Crippen LogP contribution in [0, 0.1) is 5.92 Å². The van der Waals surface area contributed by atoms with E-state index in [0.717, 1.165) is 24.0 Å². The number of methoxy groups -OCH3 is 1. The first-order valence-electron chi connectivity index (χ1n) is 8.47.